The van der Waals surface area contributed by atoms with Crippen LogP contribution in [0.3, 0.4) is 0 Å². The van der Waals surface area contributed by atoms with Gasteiger partial charge in [-0.1, -0.05) is 17.7 Å². The number of anilines is 1. The van der Waals surface area contributed by atoms with E-state index in [1.807, 2.05) is 13.0 Å². The number of ether oxygens (including phenoxy) is 4. The number of hydrogen-bond acceptors (Lipinski definition) is 6. The molecule has 2 aromatic carbocycles. The summed E-state index contributed by atoms with van der Waals surface area (Å²) in [5.41, 5.74) is 1.62. The quantitative estimate of drug-likeness (QED) is 0.737. The van der Waals surface area contributed by atoms with Crippen molar-refractivity contribution in [3.63, 3.8) is 0 Å². The van der Waals surface area contributed by atoms with E-state index in [1.54, 1.807) is 12.1 Å². The summed E-state index contributed by atoms with van der Waals surface area (Å²) in [7, 11) is 1.51. The highest BCUT2D eigenvalue weighted by molar-refractivity contribution is 6.32. The lowest BCUT2D eigenvalue weighted by Gasteiger charge is -2.16. The Kier molecular flexibility index (Phi) is 6.49. The van der Waals surface area contributed by atoms with E-state index >= 15 is 0 Å². The van der Waals surface area contributed by atoms with Gasteiger partial charge in [0, 0.05) is 6.42 Å². The lowest BCUT2D eigenvalue weighted by molar-refractivity contribution is -0.123. The number of halogens is 1. The first kappa shape index (κ1) is 20.8. The van der Waals surface area contributed by atoms with Crippen molar-refractivity contribution in [2.24, 2.45) is 0 Å². The van der Waals surface area contributed by atoms with Crippen LogP contribution in [-0.2, 0) is 9.53 Å². The Balaban J connectivity index is 1.70. The maximum atomic E-state index is 12.5. The molecule has 0 saturated carbocycles. The number of fused-ring (bicyclic) bond motifs is 1. The summed E-state index contributed by atoms with van der Waals surface area (Å²) in [5, 5.41) is 2.96. The Morgan fingerprint density at radius 3 is 2.69 bits per heavy atom. The molecule has 1 amide bonds. The van der Waals surface area contributed by atoms with Gasteiger partial charge < -0.3 is 24.3 Å². The van der Waals surface area contributed by atoms with Crippen molar-refractivity contribution < 1.29 is 28.5 Å². The van der Waals surface area contributed by atoms with Crippen molar-refractivity contribution in [3.8, 4) is 17.2 Å². The molecule has 1 N–H and O–H groups in total. The van der Waals surface area contributed by atoms with Gasteiger partial charge in [0.25, 0.3) is 5.91 Å². The molecule has 8 heteroatoms. The number of carbonyl (C=O) groups excluding carboxylic acids is 2. The van der Waals surface area contributed by atoms with E-state index < -0.39 is 18.0 Å². The molecular weight excluding hydrogens is 398 g/mol. The largest absolute Gasteiger partial charge is 0.495 e. The van der Waals surface area contributed by atoms with Crippen molar-refractivity contribution in [2.75, 3.05) is 25.6 Å². The number of benzene rings is 2. The minimum absolute atomic E-state index is 0.173. The van der Waals surface area contributed by atoms with Crippen LogP contribution in [-0.4, -0.2) is 38.3 Å². The highest BCUT2D eigenvalue weighted by Crippen LogP contribution is 2.38. The van der Waals surface area contributed by atoms with Crippen molar-refractivity contribution in [1.82, 2.24) is 0 Å². The molecule has 0 fully saturated rings. The lowest BCUT2D eigenvalue weighted by Crippen LogP contribution is -2.30. The van der Waals surface area contributed by atoms with E-state index in [1.165, 1.54) is 26.2 Å². The molecule has 2 aromatic rings. The second-order valence-electron chi connectivity index (χ2n) is 6.58. The van der Waals surface area contributed by atoms with Crippen LogP contribution in [0.1, 0.15) is 29.3 Å². The summed E-state index contributed by atoms with van der Waals surface area (Å²) < 4.78 is 21.7. The van der Waals surface area contributed by atoms with Gasteiger partial charge in [-0.05, 0) is 43.7 Å². The monoisotopic (exact) mass is 419 g/mol. The van der Waals surface area contributed by atoms with E-state index in [9.17, 15) is 9.59 Å². The first-order valence-electron chi connectivity index (χ1n) is 9.14. The fourth-order valence-electron chi connectivity index (χ4n) is 2.78. The molecule has 1 aliphatic rings. The van der Waals surface area contributed by atoms with Crippen LogP contribution in [0, 0.1) is 6.92 Å². The number of nitrogens with one attached hydrogen (secondary N) is 1. The molecule has 154 valence electrons. The maximum Gasteiger partial charge on any atom is 0.339 e. The molecule has 29 heavy (non-hydrogen) atoms. The van der Waals surface area contributed by atoms with Gasteiger partial charge in [0.1, 0.15) is 5.75 Å². The number of rotatable bonds is 5. The Labute approximate surface area is 173 Å². The standard InChI is InChI=1S/C21H22ClNO6/c1-12-5-6-17(26-3)16(9-12)23-20(24)13(2)29-21(25)14-10-15(22)19-18(11-14)27-7-4-8-28-19/h5-6,9-11,13H,4,7-8H2,1-3H3,(H,23,24)/t13-/m0/s1. The summed E-state index contributed by atoms with van der Waals surface area (Å²) >= 11 is 6.21. The molecule has 3 rings (SSSR count). The summed E-state index contributed by atoms with van der Waals surface area (Å²) in [6.45, 7) is 4.32. The van der Waals surface area contributed by atoms with Gasteiger partial charge in [-0.15, -0.1) is 0 Å². The third-order valence-electron chi connectivity index (χ3n) is 4.30. The van der Waals surface area contributed by atoms with Gasteiger partial charge in [-0.25, -0.2) is 4.79 Å². The SMILES string of the molecule is COc1ccc(C)cc1NC(=O)[C@H](C)OC(=O)c1cc(Cl)c2c(c1)OCCCO2. The fraction of sp³-hybridized carbons (Fsp3) is 0.333. The van der Waals surface area contributed by atoms with Gasteiger partial charge in [-0.2, -0.15) is 0 Å². The molecule has 0 unspecified atom stereocenters. The van der Waals surface area contributed by atoms with E-state index in [4.69, 9.17) is 30.5 Å². The number of amides is 1. The Morgan fingerprint density at radius 2 is 1.93 bits per heavy atom. The second-order valence-corrected chi connectivity index (χ2v) is 6.98. The minimum Gasteiger partial charge on any atom is -0.495 e. The highest BCUT2D eigenvalue weighted by atomic mass is 35.5. The zero-order chi connectivity index (χ0) is 21.0. The predicted molar refractivity (Wildman–Crippen MR) is 108 cm³/mol. The highest BCUT2D eigenvalue weighted by Gasteiger charge is 2.23. The molecule has 0 aliphatic carbocycles. The third kappa shape index (κ3) is 4.92. The number of hydrogen-bond donors (Lipinski definition) is 1. The van der Waals surface area contributed by atoms with Crippen LogP contribution < -0.4 is 19.5 Å². The molecule has 0 spiro atoms. The molecule has 7 nitrogen and oxygen atoms in total. The van der Waals surface area contributed by atoms with E-state index in [0.717, 1.165) is 5.56 Å². The third-order valence-corrected chi connectivity index (χ3v) is 4.58. The zero-order valence-corrected chi connectivity index (χ0v) is 17.2. The number of aryl methyl sites for hydroxylation is 1. The summed E-state index contributed by atoms with van der Waals surface area (Å²) in [4.78, 5) is 25.0. The molecule has 1 heterocycles. The van der Waals surface area contributed by atoms with Gasteiger partial charge in [0.05, 0.1) is 36.6 Å². The fourth-order valence-corrected chi connectivity index (χ4v) is 3.05. The van der Waals surface area contributed by atoms with E-state index in [2.05, 4.69) is 5.32 Å². The van der Waals surface area contributed by atoms with Crippen molar-refractivity contribution in [1.29, 1.82) is 0 Å². The van der Waals surface area contributed by atoms with E-state index in [0.29, 0.717) is 42.6 Å². The van der Waals surface area contributed by atoms with Crippen LogP contribution in [0.5, 0.6) is 17.2 Å². The Morgan fingerprint density at radius 1 is 1.17 bits per heavy atom. The maximum absolute atomic E-state index is 12.5. The van der Waals surface area contributed by atoms with Crippen molar-refractivity contribution in [3.05, 3.63) is 46.5 Å². The molecule has 0 bridgehead atoms. The molecule has 1 atom stereocenters. The first-order valence-corrected chi connectivity index (χ1v) is 9.52. The van der Waals surface area contributed by atoms with Gasteiger partial charge in [0.15, 0.2) is 17.6 Å². The molecule has 0 radical (unpaired) electrons. The van der Waals surface area contributed by atoms with Crippen LogP contribution >= 0.6 is 11.6 Å². The van der Waals surface area contributed by atoms with Crippen molar-refractivity contribution >= 4 is 29.2 Å². The van der Waals surface area contributed by atoms with Gasteiger partial charge in [0.2, 0.25) is 0 Å². The molecule has 0 aromatic heterocycles. The van der Waals surface area contributed by atoms with Gasteiger partial charge in [-0.3, -0.25) is 4.79 Å². The van der Waals surface area contributed by atoms with E-state index in [-0.39, 0.29) is 10.6 Å². The summed E-state index contributed by atoms with van der Waals surface area (Å²) in [6, 6.07) is 8.33. The average Bonchev–Trinajstić information content (AvgIpc) is 2.94. The molecule has 1 aliphatic heterocycles. The number of esters is 1. The van der Waals surface area contributed by atoms with Crippen molar-refractivity contribution in [2.45, 2.75) is 26.4 Å². The minimum atomic E-state index is -1.04. The van der Waals surface area contributed by atoms with Crippen LogP contribution in [0.2, 0.25) is 5.02 Å². The topological polar surface area (TPSA) is 83.1 Å². The summed E-state index contributed by atoms with van der Waals surface area (Å²) in [5.74, 6) is 0.114. The van der Waals surface area contributed by atoms with Gasteiger partial charge >= 0.3 is 5.97 Å². The second kappa shape index (κ2) is 9.05. The smallest absolute Gasteiger partial charge is 0.339 e. The molecular formula is C21H22ClNO6. The first-order chi connectivity index (χ1) is 13.9. The Bertz CT molecular complexity index is 930. The number of methoxy groups -OCH3 is 1. The average molecular weight is 420 g/mol. The van der Waals surface area contributed by atoms with Crippen LogP contribution in [0.25, 0.3) is 0 Å². The number of carbonyl (C=O) groups is 2. The van der Waals surface area contributed by atoms with Crippen LogP contribution in [0.4, 0.5) is 5.69 Å². The van der Waals surface area contributed by atoms with Crippen LogP contribution in [0.15, 0.2) is 30.3 Å². The zero-order valence-electron chi connectivity index (χ0n) is 16.4. The summed E-state index contributed by atoms with van der Waals surface area (Å²) in [6.07, 6.45) is -0.327. The predicted octanol–water partition coefficient (Wildman–Crippen LogP) is 4.00. The Hall–Kier alpha value is -2.93. The lowest BCUT2D eigenvalue weighted by atomic mass is 10.2. The normalized spacial score (nSPS) is 13.8. The molecule has 0 saturated heterocycles.